The van der Waals surface area contributed by atoms with Crippen LogP contribution in [0.3, 0.4) is 0 Å². The highest BCUT2D eigenvalue weighted by molar-refractivity contribution is 5.75. The standard InChI is InChI=1S/C9H8O4/c10-6-13-8(9(11)12)7-4-2-1-3-5-7/h1-6,8H,(H,11,12). The second-order valence-electron chi connectivity index (χ2n) is 2.36. The third-order valence-electron chi connectivity index (χ3n) is 1.52. The number of hydrogen-bond donors (Lipinski definition) is 1. The van der Waals surface area contributed by atoms with Crippen LogP contribution in [0.1, 0.15) is 11.7 Å². The molecule has 0 amide bonds. The van der Waals surface area contributed by atoms with E-state index in [2.05, 4.69) is 4.74 Å². The molecule has 0 bridgehead atoms. The molecule has 1 rings (SSSR count). The zero-order valence-electron chi connectivity index (χ0n) is 6.71. The first kappa shape index (κ1) is 9.25. The lowest BCUT2D eigenvalue weighted by molar-refractivity contribution is -0.156. The molecule has 0 aliphatic carbocycles. The van der Waals surface area contributed by atoms with Crippen LogP contribution in [-0.4, -0.2) is 17.5 Å². The van der Waals surface area contributed by atoms with Gasteiger partial charge >= 0.3 is 5.97 Å². The summed E-state index contributed by atoms with van der Waals surface area (Å²) in [6, 6.07) is 8.28. The van der Waals surface area contributed by atoms with E-state index in [-0.39, 0.29) is 6.47 Å². The van der Waals surface area contributed by atoms with Gasteiger partial charge in [0.15, 0.2) is 0 Å². The van der Waals surface area contributed by atoms with Crippen molar-refractivity contribution in [2.75, 3.05) is 0 Å². The van der Waals surface area contributed by atoms with Gasteiger partial charge < -0.3 is 9.84 Å². The molecule has 0 saturated carbocycles. The predicted octanol–water partition coefficient (Wildman–Crippen LogP) is 0.985. The van der Waals surface area contributed by atoms with E-state index in [1.807, 2.05) is 0 Å². The van der Waals surface area contributed by atoms with Gasteiger partial charge in [-0.05, 0) is 0 Å². The molecule has 1 atom stereocenters. The van der Waals surface area contributed by atoms with Crippen LogP contribution in [0, 0.1) is 0 Å². The molecule has 0 radical (unpaired) electrons. The van der Waals surface area contributed by atoms with Crippen LogP contribution in [0.4, 0.5) is 0 Å². The van der Waals surface area contributed by atoms with E-state index in [1.54, 1.807) is 30.3 Å². The van der Waals surface area contributed by atoms with Crippen molar-refractivity contribution >= 4 is 12.4 Å². The summed E-state index contributed by atoms with van der Waals surface area (Å²) in [4.78, 5) is 20.6. The molecule has 0 heterocycles. The fourth-order valence-electron chi connectivity index (χ4n) is 0.963. The van der Waals surface area contributed by atoms with Crippen molar-refractivity contribution in [1.82, 2.24) is 0 Å². The smallest absolute Gasteiger partial charge is 0.349 e. The lowest BCUT2D eigenvalue weighted by atomic mass is 10.1. The van der Waals surface area contributed by atoms with Crippen LogP contribution < -0.4 is 0 Å². The minimum absolute atomic E-state index is 0.131. The Morgan fingerprint density at radius 1 is 1.38 bits per heavy atom. The summed E-state index contributed by atoms with van der Waals surface area (Å²) in [5.74, 6) is -1.18. The van der Waals surface area contributed by atoms with Crippen molar-refractivity contribution in [3.8, 4) is 0 Å². The Hall–Kier alpha value is -1.84. The fourth-order valence-corrected chi connectivity index (χ4v) is 0.963. The van der Waals surface area contributed by atoms with Crippen LogP contribution in [0.25, 0.3) is 0 Å². The Bertz CT molecular complexity index is 294. The number of ether oxygens (including phenoxy) is 1. The highest BCUT2D eigenvalue weighted by Gasteiger charge is 2.19. The molecule has 1 aromatic rings. The van der Waals surface area contributed by atoms with Crippen LogP contribution >= 0.6 is 0 Å². The number of rotatable bonds is 4. The van der Waals surface area contributed by atoms with Crippen molar-refractivity contribution in [3.05, 3.63) is 35.9 Å². The summed E-state index contributed by atoms with van der Waals surface area (Å²) in [5.41, 5.74) is 0.446. The molecule has 0 fully saturated rings. The largest absolute Gasteiger partial charge is 0.478 e. The summed E-state index contributed by atoms with van der Waals surface area (Å²) >= 11 is 0. The van der Waals surface area contributed by atoms with Crippen LogP contribution in [0.2, 0.25) is 0 Å². The maximum absolute atomic E-state index is 10.6. The molecule has 13 heavy (non-hydrogen) atoms. The van der Waals surface area contributed by atoms with Gasteiger partial charge in [-0.3, -0.25) is 4.79 Å². The second kappa shape index (κ2) is 4.25. The number of carbonyl (C=O) groups is 2. The molecule has 1 unspecified atom stereocenters. The number of carbonyl (C=O) groups excluding carboxylic acids is 1. The maximum Gasteiger partial charge on any atom is 0.349 e. The Labute approximate surface area is 74.8 Å². The second-order valence-corrected chi connectivity index (χ2v) is 2.36. The van der Waals surface area contributed by atoms with Crippen molar-refractivity contribution in [2.45, 2.75) is 6.10 Å². The first-order chi connectivity index (χ1) is 6.25. The molecule has 0 saturated heterocycles. The molecule has 1 N–H and O–H groups in total. The van der Waals surface area contributed by atoms with E-state index in [4.69, 9.17) is 5.11 Å². The zero-order valence-corrected chi connectivity index (χ0v) is 6.71. The van der Waals surface area contributed by atoms with Crippen molar-refractivity contribution in [1.29, 1.82) is 0 Å². The van der Waals surface area contributed by atoms with Gasteiger partial charge in [-0.2, -0.15) is 0 Å². The van der Waals surface area contributed by atoms with Crippen molar-refractivity contribution in [2.24, 2.45) is 0 Å². The van der Waals surface area contributed by atoms with E-state index in [9.17, 15) is 9.59 Å². The Kier molecular flexibility index (Phi) is 3.03. The normalized spacial score (nSPS) is 11.7. The van der Waals surface area contributed by atoms with Crippen molar-refractivity contribution in [3.63, 3.8) is 0 Å². The summed E-state index contributed by atoms with van der Waals surface area (Å²) in [7, 11) is 0. The van der Waals surface area contributed by atoms with E-state index in [1.165, 1.54) is 0 Å². The molecular formula is C9H8O4. The predicted molar refractivity (Wildman–Crippen MR) is 44.0 cm³/mol. The molecule has 4 heteroatoms. The average molecular weight is 180 g/mol. The van der Waals surface area contributed by atoms with Gasteiger partial charge in [0.1, 0.15) is 0 Å². The van der Waals surface area contributed by atoms with Crippen molar-refractivity contribution < 1.29 is 19.4 Å². The quantitative estimate of drug-likeness (QED) is 0.701. The summed E-state index contributed by atoms with van der Waals surface area (Å²) in [6.07, 6.45) is -1.21. The van der Waals surface area contributed by atoms with Crippen LogP contribution in [-0.2, 0) is 14.3 Å². The van der Waals surface area contributed by atoms with E-state index in [0.717, 1.165) is 0 Å². The summed E-state index contributed by atoms with van der Waals surface area (Å²) in [5, 5.41) is 8.67. The summed E-state index contributed by atoms with van der Waals surface area (Å²) < 4.78 is 4.41. The molecule has 1 aromatic carbocycles. The minimum Gasteiger partial charge on any atom is -0.478 e. The highest BCUT2D eigenvalue weighted by Crippen LogP contribution is 2.15. The number of benzene rings is 1. The molecule has 0 aromatic heterocycles. The molecule has 0 aliphatic heterocycles. The van der Waals surface area contributed by atoms with Gasteiger partial charge in [-0.25, -0.2) is 4.79 Å². The molecular weight excluding hydrogens is 172 g/mol. The van der Waals surface area contributed by atoms with Gasteiger partial charge in [0.2, 0.25) is 6.10 Å². The third-order valence-corrected chi connectivity index (χ3v) is 1.52. The first-order valence-electron chi connectivity index (χ1n) is 3.62. The SMILES string of the molecule is O=COC(C(=O)O)c1ccccc1. The Balaban J connectivity index is 2.88. The number of aliphatic carboxylic acids is 1. The van der Waals surface area contributed by atoms with Gasteiger partial charge in [0.25, 0.3) is 6.47 Å². The zero-order chi connectivity index (χ0) is 9.68. The van der Waals surface area contributed by atoms with E-state index >= 15 is 0 Å². The lowest BCUT2D eigenvalue weighted by Crippen LogP contribution is -2.14. The van der Waals surface area contributed by atoms with Gasteiger partial charge in [0, 0.05) is 5.56 Å². The maximum atomic E-state index is 10.6. The van der Waals surface area contributed by atoms with Crippen LogP contribution in [0.5, 0.6) is 0 Å². The van der Waals surface area contributed by atoms with Gasteiger partial charge in [-0.15, -0.1) is 0 Å². The minimum atomic E-state index is -1.21. The molecule has 0 aliphatic rings. The number of carboxylic acid groups (broad SMARTS) is 1. The van der Waals surface area contributed by atoms with E-state index < -0.39 is 12.1 Å². The Morgan fingerprint density at radius 3 is 2.46 bits per heavy atom. The monoisotopic (exact) mass is 180 g/mol. The number of carboxylic acids is 1. The molecule has 4 nitrogen and oxygen atoms in total. The molecule has 0 spiro atoms. The highest BCUT2D eigenvalue weighted by atomic mass is 16.5. The van der Waals surface area contributed by atoms with Gasteiger partial charge in [-0.1, -0.05) is 30.3 Å². The topological polar surface area (TPSA) is 63.6 Å². The summed E-state index contributed by atoms with van der Waals surface area (Å²) in [6.45, 7) is 0.131. The van der Waals surface area contributed by atoms with Gasteiger partial charge in [0.05, 0.1) is 0 Å². The molecule has 68 valence electrons. The van der Waals surface area contributed by atoms with E-state index in [0.29, 0.717) is 5.56 Å². The third kappa shape index (κ3) is 2.30. The fraction of sp³-hybridized carbons (Fsp3) is 0.111. The average Bonchev–Trinajstić information content (AvgIpc) is 2.15. The van der Waals surface area contributed by atoms with Crippen LogP contribution in [0.15, 0.2) is 30.3 Å². The Morgan fingerprint density at radius 2 is 2.00 bits per heavy atom. The number of hydrogen-bond acceptors (Lipinski definition) is 3. The lowest BCUT2D eigenvalue weighted by Gasteiger charge is -2.09. The first-order valence-corrected chi connectivity index (χ1v) is 3.62.